The highest BCUT2D eigenvalue weighted by molar-refractivity contribution is 6.74. The molecule has 1 aromatic carbocycles. The van der Waals surface area contributed by atoms with Gasteiger partial charge in [0.15, 0.2) is 22.9 Å². The number of aldehydes is 1. The van der Waals surface area contributed by atoms with Gasteiger partial charge in [-0.1, -0.05) is 72.2 Å². The zero-order chi connectivity index (χ0) is 29.2. The molecule has 1 aromatic rings. The van der Waals surface area contributed by atoms with Crippen molar-refractivity contribution in [1.82, 2.24) is 0 Å². The Kier molecular flexibility index (Phi) is 10.5. The van der Waals surface area contributed by atoms with Crippen LogP contribution in [0.25, 0.3) is 0 Å². The van der Waals surface area contributed by atoms with Crippen LogP contribution in [0.1, 0.15) is 67.4 Å². The molecule has 0 heterocycles. The Hall–Kier alpha value is -1.26. The molecule has 0 bridgehead atoms. The van der Waals surface area contributed by atoms with E-state index < -0.39 is 22.2 Å². The van der Waals surface area contributed by atoms with Crippen LogP contribution in [0.2, 0.25) is 36.3 Å². The average Bonchev–Trinajstić information content (AvgIpc) is 3.05. The quantitative estimate of drug-likeness (QED) is 0.155. The molecule has 7 heteroatoms. The molecule has 0 saturated heterocycles. The van der Waals surface area contributed by atoms with Crippen LogP contribution in [0.5, 0.6) is 5.75 Å². The van der Waals surface area contributed by atoms with Gasteiger partial charge in [0.1, 0.15) is 11.4 Å². The number of carbonyl (C=O) groups is 1. The molecule has 0 aliphatic heterocycles. The standard InChI is InChI=1S/C31H54O5Si2/c1-23(20-35-37(10,11)29(3,4)5)18-27-28(36-38(12,13)30(6,7)8)24(2)19-31(27,22-32)34-21-25-14-16-26(33-9)17-15-25/h14-18,22,24,27-28H,19-21H2,1-13H3/b23-18+/t24-,27-,28+,31-/m0/s1. The van der Waals surface area contributed by atoms with Crippen molar-refractivity contribution in [3.05, 3.63) is 41.5 Å². The average molecular weight is 563 g/mol. The first-order valence-electron chi connectivity index (χ1n) is 14.0. The third-order valence-corrected chi connectivity index (χ3v) is 18.1. The molecule has 216 valence electrons. The minimum absolute atomic E-state index is 0.0673. The van der Waals surface area contributed by atoms with E-state index in [2.05, 4.69) is 87.7 Å². The van der Waals surface area contributed by atoms with E-state index in [4.69, 9.17) is 18.3 Å². The first-order valence-corrected chi connectivity index (χ1v) is 19.8. The molecule has 2 rings (SSSR count). The van der Waals surface area contributed by atoms with E-state index >= 15 is 0 Å². The fourth-order valence-electron chi connectivity index (χ4n) is 4.45. The lowest BCUT2D eigenvalue weighted by molar-refractivity contribution is -0.138. The van der Waals surface area contributed by atoms with Crippen LogP contribution in [-0.4, -0.2) is 48.3 Å². The van der Waals surface area contributed by atoms with Gasteiger partial charge in [-0.05, 0) is 73.2 Å². The topological polar surface area (TPSA) is 54.0 Å². The van der Waals surface area contributed by atoms with E-state index in [0.717, 1.165) is 23.2 Å². The Labute approximate surface area is 234 Å². The van der Waals surface area contributed by atoms with Crippen LogP contribution in [0.3, 0.4) is 0 Å². The second-order valence-electron chi connectivity index (χ2n) is 14.3. The number of rotatable bonds is 11. The van der Waals surface area contributed by atoms with Crippen molar-refractivity contribution in [3.63, 3.8) is 0 Å². The summed E-state index contributed by atoms with van der Waals surface area (Å²) in [5, 5.41) is 0.203. The molecular weight excluding hydrogens is 509 g/mol. The van der Waals surface area contributed by atoms with Gasteiger partial charge >= 0.3 is 0 Å². The summed E-state index contributed by atoms with van der Waals surface area (Å²) in [7, 11) is -2.34. The number of methoxy groups -OCH3 is 1. The van der Waals surface area contributed by atoms with Crippen molar-refractivity contribution in [2.24, 2.45) is 11.8 Å². The van der Waals surface area contributed by atoms with Crippen molar-refractivity contribution in [2.75, 3.05) is 13.7 Å². The number of ether oxygens (including phenoxy) is 2. The zero-order valence-corrected chi connectivity index (χ0v) is 28.4. The lowest BCUT2D eigenvalue weighted by atomic mass is 9.89. The molecule has 0 spiro atoms. The van der Waals surface area contributed by atoms with Gasteiger partial charge in [0.2, 0.25) is 0 Å². The van der Waals surface area contributed by atoms with Crippen LogP contribution in [0, 0.1) is 11.8 Å². The summed E-state index contributed by atoms with van der Waals surface area (Å²) in [6.45, 7) is 27.9. The molecule has 1 aliphatic carbocycles. The second-order valence-corrected chi connectivity index (χ2v) is 23.9. The Morgan fingerprint density at radius 2 is 1.55 bits per heavy atom. The summed E-state index contributed by atoms with van der Waals surface area (Å²) >= 11 is 0. The molecule has 1 saturated carbocycles. The van der Waals surface area contributed by atoms with Gasteiger partial charge in [-0.2, -0.15) is 0 Å². The summed E-state index contributed by atoms with van der Waals surface area (Å²) in [6.07, 6.45) is 3.78. The molecule has 1 fully saturated rings. The predicted molar refractivity (Wildman–Crippen MR) is 163 cm³/mol. The van der Waals surface area contributed by atoms with Gasteiger partial charge in [-0.15, -0.1) is 0 Å². The van der Waals surface area contributed by atoms with E-state index in [1.807, 2.05) is 24.3 Å². The van der Waals surface area contributed by atoms with Gasteiger partial charge in [0.05, 0.1) is 26.4 Å². The number of carbonyl (C=O) groups excluding carboxylic acids is 1. The minimum atomic E-state index is -2.09. The highest BCUT2D eigenvalue weighted by atomic mass is 28.4. The lowest BCUT2D eigenvalue weighted by Gasteiger charge is -2.41. The van der Waals surface area contributed by atoms with Gasteiger partial charge in [0.25, 0.3) is 0 Å². The largest absolute Gasteiger partial charge is 0.497 e. The maximum Gasteiger partial charge on any atom is 0.192 e. The van der Waals surface area contributed by atoms with Crippen molar-refractivity contribution >= 4 is 22.9 Å². The molecule has 0 radical (unpaired) electrons. The highest BCUT2D eigenvalue weighted by Gasteiger charge is 2.55. The molecule has 0 amide bonds. The maximum absolute atomic E-state index is 12.9. The molecule has 0 N–H and O–H groups in total. The Bertz CT molecular complexity index is 956. The molecule has 5 nitrogen and oxygen atoms in total. The van der Waals surface area contributed by atoms with Crippen molar-refractivity contribution < 1.29 is 23.1 Å². The summed E-state index contributed by atoms with van der Waals surface area (Å²) in [5.41, 5.74) is 1.18. The monoisotopic (exact) mass is 562 g/mol. The number of hydrogen-bond donors (Lipinski definition) is 0. The van der Waals surface area contributed by atoms with Crippen molar-refractivity contribution in [2.45, 2.75) is 116 Å². The summed E-state index contributed by atoms with van der Waals surface area (Å²) < 4.78 is 25.4. The fraction of sp³-hybridized carbons (Fsp3) is 0.710. The molecule has 0 unspecified atom stereocenters. The first-order chi connectivity index (χ1) is 17.3. The molecule has 1 aliphatic rings. The van der Waals surface area contributed by atoms with E-state index in [1.54, 1.807) is 7.11 Å². The third-order valence-electron chi connectivity index (χ3n) is 9.15. The second kappa shape index (κ2) is 12.1. The normalized spacial score (nSPS) is 25.5. The van der Waals surface area contributed by atoms with E-state index in [1.165, 1.54) is 0 Å². The van der Waals surface area contributed by atoms with Crippen LogP contribution < -0.4 is 4.74 Å². The third kappa shape index (κ3) is 7.69. The summed E-state index contributed by atoms with van der Waals surface area (Å²) in [5.74, 6) is 0.792. The molecule has 38 heavy (non-hydrogen) atoms. The van der Waals surface area contributed by atoms with Crippen molar-refractivity contribution in [1.29, 1.82) is 0 Å². The van der Waals surface area contributed by atoms with Gasteiger partial charge in [-0.25, -0.2) is 0 Å². The van der Waals surface area contributed by atoms with E-state index in [0.29, 0.717) is 19.6 Å². The van der Waals surface area contributed by atoms with Gasteiger partial charge < -0.3 is 23.1 Å². The first kappa shape index (κ1) is 33.0. The van der Waals surface area contributed by atoms with Crippen LogP contribution in [0.15, 0.2) is 35.9 Å². The Morgan fingerprint density at radius 1 is 1.00 bits per heavy atom. The number of benzene rings is 1. The highest BCUT2D eigenvalue weighted by Crippen LogP contribution is 2.48. The zero-order valence-electron chi connectivity index (χ0n) is 26.4. The van der Waals surface area contributed by atoms with Crippen molar-refractivity contribution in [3.8, 4) is 5.75 Å². The van der Waals surface area contributed by atoms with Crippen LogP contribution in [-0.2, 0) is 25.0 Å². The summed E-state index contributed by atoms with van der Waals surface area (Å²) in [6, 6.07) is 7.82. The number of hydrogen-bond acceptors (Lipinski definition) is 5. The summed E-state index contributed by atoms with van der Waals surface area (Å²) in [4.78, 5) is 12.9. The molecular formula is C31H54O5Si2. The predicted octanol–water partition coefficient (Wildman–Crippen LogP) is 8.16. The maximum atomic E-state index is 12.9. The van der Waals surface area contributed by atoms with E-state index in [-0.39, 0.29) is 28.0 Å². The van der Waals surface area contributed by atoms with Gasteiger partial charge in [-0.3, -0.25) is 0 Å². The SMILES string of the molecule is COc1ccc(CO[C@]2(C=O)C[C@H](C)[C@@H](O[Si](C)(C)C(C)(C)C)[C@@H]2/C=C(\C)CO[Si](C)(C)C(C)(C)C)cc1. The Balaban J connectivity index is 2.42. The van der Waals surface area contributed by atoms with Gasteiger partial charge in [0, 0.05) is 5.92 Å². The Morgan fingerprint density at radius 3 is 2.03 bits per heavy atom. The lowest BCUT2D eigenvalue weighted by Crippen LogP contribution is -2.48. The minimum Gasteiger partial charge on any atom is -0.497 e. The molecule has 4 atom stereocenters. The smallest absolute Gasteiger partial charge is 0.192 e. The van der Waals surface area contributed by atoms with E-state index in [9.17, 15) is 4.79 Å². The fourth-order valence-corrected chi connectivity index (χ4v) is 6.88. The molecule has 0 aromatic heterocycles. The van der Waals surface area contributed by atoms with Crippen LogP contribution in [0.4, 0.5) is 0 Å². The van der Waals surface area contributed by atoms with Crippen LogP contribution >= 0.6 is 0 Å².